The average molecular weight is 222 g/mol. The van der Waals surface area contributed by atoms with E-state index in [0.29, 0.717) is 0 Å². The highest BCUT2D eigenvalue weighted by Crippen LogP contribution is 2.20. The summed E-state index contributed by atoms with van der Waals surface area (Å²) in [5.41, 5.74) is 1.73. The number of benzene rings is 1. The molecule has 3 heteroatoms. The van der Waals surface area contributed by atoms with Gasteiger partial charge in [-0.1, -0.05) is 35.5 Å². The molecule has 0 amide bonds. The minimum absolute atomic E-state index is 0.785. The third kappa shape index (κ3) is 1.83. The molecule has 1 aromatic carbocycles. The summed E-state index contributed by atoms with van der Waals surface area (Å²) in [6.07, 6.45) is 3.34. The molecular formula is C14H10N2O. The van der Waals surface area contributed by atoms with Crippen LogP contribution in [0.2, 0.25) is 0 Å². The van der Waals surface area contributed by atoms with Gasteiger partial charge in [0.25, 0.3) is 0 Å². The zero-order chi connectivity index (χ0) is 11.5. The van der Waals surface area contributed by atoms with E-state index in [9.17, 15) is 0 Å². The van der Waals surface area contributed by atoms with Crippen LogP contribution >= 0.6 is 0 Å². The Balaban J connectivity index is 2.49. The molecule has 3 rings (SSSR count). The number of aromatic nitrogens is 2. The van der Waals surface area contributed by atoms with Crippen molar-refractivity contribution in [3.63, 3.8) is 0 Å². The second-order valence-corrected chi connectivity index (χ2v) is 3.65. The summed E-state index contributed by atoms with van der Waals surface area (Å²) in [7, 11) is 0. The summed E-state index contributed by atoms with van der Waals surface area (Å²) in [6, 6.07) is 15.5. The minimum atomic E-state index is 0.785. The maximum Gasteiger partial charge on any atom is 0.122 e. The van der Waals surface area contributed by atoms with Crippen LogP contribution in [-0.2, 0) is 0 Å². The molecule has 3 nitrogen and oxygen atoms in total. The van der Waals surface area contributed by atoms with Gasteiger partial charge < -0.3 is 4.52 Å². The Morgan fingerprint density at radius 1 is 0.882 bits per heavy atom. The van der Waals surface area contributed by atoms with Crippen LogP contribution in [0.4, 0.5) is 0 Å². The van der Waals surface area contributed by atoms with E-state index in [1.165, 1.54) is 0 Å². The monoisotopic (exact) mass is 222 g/mol. The summed E-state index contributed by atoms with van der Waals surface area (Å²) < 4.78 is 5.09. The molecule has 0 radical (unpaired) electrons. The van der Waals surface area contributed by atoms with Crippen molar-refractivity contribution in [2.45, 2.75) is 0 Å². The maximum absolute atomic E-state index is 5.09. The second-order valence-electron chi connectivity index (χ2n) is 3.65. The van der Waals surface area contributed by atoms with Crippen molar-refractivity contribution in [2.75, 3.05) is 0 Å². The quantitative estimate of drug-likeness (QED) is 0.584. The molecule has 0 aliphatic carbocycles. The lowest BCUT2D eigenvalue weighted by Crippen LogP contribution is -1.75. The molecule has 0 saturated carbocycles. The fourth-order valence-electron chi connectivity index (χ4n) is 1.78. The van der Waals surface area contributed by atoms with Crippen molar-refractivity contribution in [1.29, 1.82) is 0 Å². The molecule has 0 unspecified atom stereocenters. The van der Waals surface area contributed by atoms with Crippen LogP contribution in [0, 0.1) is 0 Å². The van der Waals surface area contributed by atoms with E-state index in [-0.39, 0.29) is 0 Å². The number of fused-ring (bicyclic) bond motifs is 3. The second kappa shape index (κ2) is 4.22. The highest BCUT2D eigenvalue weighted by molar-refractivity contribution is 6.03. The van der Waals surface area contributed by atoms with Gasteiger partial charge in [-0.3, -0.25) is 4.98 Å². The van der Waals surface area contributed by atoms with E-state index in [1.54, 1.807) is 18.5 Å². The Morgan fingerprint density at radius 3 is 2.82 bits per heavy atom. The molecule has 0 saturated heterocycles. The summed E-state index contributed by atoms with van der Waals surface area (Å²) in [5, 5.41) is 6.16. The fraction of sp³-hybridized carbons (Fsp3) is 0. The van der Waals surface area contributed by atoms with Gasteiger partial charge in [-0.05, 0) is 18.2 Å². The van der Waals surface area contributed by atoms with Crippen molar-refractivity contribution < 1.29 is 4.52 Å². The van der Waals surface area contributed by atoms with Crippen molar-refractivity contribution in [3.05, 3.63) is 61.0 Å². The number of nitrogens with zero attached hydrogens (tertiary/aromatic N) is 2. The van der Waals surface area contributed by atoms with Crippen LogP contribution in [-0.4, -0.2) is 10.1 Å². The molecule has 17 heavy (non-hydrogen) atoms. The van der Waals surface area contributed by atoms with Gasteiger partial charge in [0.05, 0.1) is 5.52 Å². The van der Waals surface area contributed by atoms with Gasteiger partial charge in [0, 0.05) is 17.0 Å². The maximum atomic E-state index is 5.09. The highest BCUT2D eigenvalue weighted by atomic mass is 16.4. The first-order valence-corrected chi connectivity index (χ1v) is 5.36. The lowest BCUT2D eigenvalue weighted by molar-refractivity contribution is 0.415. The normalized spacial score (nSPS) is 10.4. The van der Waals surface area contributed by atoms with Crippen molar-refractivity contribution in [3.8, 4) is 0 Å². The standard InChI is InChI=1S/C14H10N2O/c1-2-4-10-17-16-13-7-6-11-8-9-15-14(11)12(13)5-3-1/h1-10H. The fourth-order valence-corrected chi connectivity index (χ4v) is 1.78. The molecule has 0 fully saturated rings. The summed E-state index contributed by atoms with van der Waals surface area (Å²) in [6.45, 7) is 0. The number of rotatable bonds is 0. The topological polar surface area (TPSA) is 38.9 Å². The van der Waals surface area contributed by atoms with Crippen LogP contribution in [0.15, 0.2) is 65.5 Å². The van der Waals surface area contributed by atoms with Crippen LogP contribution in [0.3, 0.4) is 0 Å². The van der Waals surface area contributed by atoms with E-state index in [1.807, 2.05) is 42.5 Å². The predicted molar refractivity (Wildman–Crippen MR) is 66.9 cm³/mol. The molecule has 0 spiro atoms. The van der Waals surface area contributed by atoms with E-state index in [2.05, 4.69) is 10.1 Å². The molecule has 0 aliphatic rings. The van der Waals surface area contributed by atoms with Gasteiger partial charge in [-0.15, -0.1) is 0 Å². The van der Waals surface area contributed by atoms with Crippen LogP contribution in [0.1, 0.15) is 0 Å². The lowest BCUT2D eigenvalue weighted by Gasteiger charge is -1.93. The predicted octanol–water partition coefficient (Wildman–Crippen LogP) is 3.50. The Labute approximate surface area is 98.0 Å². The van der Waals surface area contributed by atoms with Gasteiger partial charge in [-0.25, -0.2) is 0 Å². The first-order valence-electron chi connectivity index (χ1n) is 5.36. The van der Waals surface area contributed by atoms with Crippen LogP contribution in [0.5, 0.6) is 0 Å². The largest absolute Gasteiger partial charge is 0.364 e. The molecule has 0 N–H and O–H groups in total. The minimum Gasteiger partial charge on any atom is -0.364 e. The Hall–Kier alpha value is -2.42. The van der Waals surface area contributed by atoms with Gasteiger partial charge in [0.15, 0.2) is 0 Å². The molecule has 0 atom stereocenters. The third-order valence-corrected chi connectivity index (χ3v) is 2.57. The van der Waals surface area contributed by atoms with Crippen molar-refractivity contribution in [2.24, 2.45) is 0 Å². The number of hydrogen-bond donors (Lipinski definition) is 0. The molecule has 0 bridgehead atoms. The molecule has 3 aromatic rings. The van der Waals surface area contributed by atoms with Gasteiger partial charge in [-0.2, -0.15) is 0 Å². The molecule has 2 heterocycles. The van der Waals surface area contributed by atoms with E-state index >= 15 is 0 Å². The van der Waals surface area contributed by atoms with E-state index in [0.717, 1.165) is 21.8 Å². The SMILES string of the molecule is c1cccc2c(ccc3ccnc32)nocc1. The van der Waals surface area contributed by atoms with Crippen molar-refractivity contribution >= 4 is 21.8 Å². The molecule has 0 aliphatic heterocycles. The Bertz CT molecular complexity index is 717. The molecule has 2 aromatic heterocycles. The van der Waals surface area contributed by atoms with E-state index in [4.69, 9.17) is 4.52 Å². The third-order valence-electron chi connectivity index (χ3n) is 2.57. The zero-order valence-corrected chi connectivity index (χ0v) is 9.08. The summed E-state index contributed by atoms with van der Waals surface area (Å²) >= 11 is 0. The van der Waals surface area contributed by atoms with Gasteiger partial charge in [0.2, 0.25) is 0 Å². The molecular weight excluding hydrogens is 212 g/mol. The summed E-state index contributed by atoms with van der Waals surface area (Å²) in [4.78, 5) is 4.35. The summed E-state index contributed by atoms with van der Waals surface area (Å²) in [5.74, 6) is 0. The number of hydrogen-bond acceptors (Lipinski definition) is 3. The first kappa shape index (κ1) is 9.78. The van der Waals surface area contributed by atoms with E-state index < -0.39 is 0 Å². The molecule has 82 valence electrons. The van der Waals surface area contributed by atoms with Crippen molar-refractivity contribution in [1.82, 2.24) is 10.1 Å². The Morgan fingerprint density at radius 2 is 1.82 bits per heavy atom. The smallest absolute Gasteiger partial charge is 0.122 e. The lowest BCUT2D eigenvalue weighted by atomic mass is 10.2. The van der Waals surface area contributed by atoms with Crippen LogP contribution in [0.25, 0.3) is 21.8 Å². The first-order chi connectivity index (χ1) is 8.45. The van der Waals surface area contributed by atoms with Gasteiger partial charge in [0.1, 0.15) is 11.8 Å². The van der Waals surface area contributed by atoms with Gasteiger partial charge >= 0.3 is 0 Å². The average Bonchev–Trinajstić information content (AvgIpc) is 2.83. The zero-order valence-electron chi connectivity index (χ0n) is 9.08. The van der Waals surface area contributed by atoms with Crippen LogP contribution < -0.4 is 0 Å². The highest BCUT2D eigenvalue weighted by Gasteiger charge is 2.00. The Kier molecular flexibility index (Phi) is 2.43.